The molecule has 2 N–H and O–H groups in total. The number of aliphatic imine (C=N–C) groups is 1. The molecule has 1 fully saturated rings. The van der Waals surface area contributed by atoms with Crippen LogP contribution in [-0.4, -0.2) is 56.8 Å². The molecule has 0 aliphatic carbocycles. The maximum atomic E-state index is 12.2. The largest absolute Gasteiger partial charge is 0.370 e. The smallest absolute Gasteiger partial charge is 0.252 e. The van der Waals surface area contributed by atoms with Gasteiger partial charge >= 0.3 is 0 Å². The number of guanidine groups is 1. The number of nitrogens with two attached hydrogens (primary N) is 1. The molecule has 0 unspecified atom stereocenters. The summed E-state index contributed by atoms with van der Waals surface area (Å²) in [5.41, 5.74) is 5.95. The zero-order valence-electron chi connectivity index (χ0n) is 12.6. The van der Waals surface area contributed by atoms with E-state index in [1.54, 1.807) is 24.6 Å². The first-order valence-electron chi connectivity index (χ1n) is 7.06. The van der Waals surface area contributed by atoms with Gasteiger partial charge in [-0.25, -0.2) is 8.42 Å². The molecule has 2 rings (SSSR count). The molecule has 1 aliphatic rings. The maximum Gasteiger partial charge on any atom is 0.252 e. The number of sulfonamides is 1. The predicted molar refractivity (Wildman–Crippen MR) is 101 cm³/mol. The van der Waals surface area contributed by atoms with Crippen LogP contribution in [0.4, 0.5) is 0 Å². The number of halogens is 1. The van der Waals surface area contributed by atoms with E-state index in [4.69, 9.17) is 5.73 Å². The number of hydrogen-bond donors (Lipinski definition) is 1. The first-order chi connectivity index (χ1) is 10.0. The lowest BCUT2D eigenvalue weighted by Gasteiger charge is -2.27. The molecule has 1 aliphatic heterocycles. The van der Waals surface area contributed by atoms with Crippen molar-refractivity contribution in [2.75, 3.05) is 33.2 Å². The van der Waals surface area contributed by atoms with E-state index in [0.717, 1.165) is 25.9 Å². The molecule has 1 aromatic heterocycles. The van der Waals surface area contributed by atoms with Gasteiger partial charge in [0.2, 0.25) is 0 Å². The van der Waals surface area contributed by atoms with Crippen LogP contribution in [0.15, 0.2) is 26.7 Å². The second-order valence-corrected chi connectivity index (χ2v) is 8.27. The van der Waals surface area contributed by atoms with Crippen molar-refractivity contribution in [3.8, 4) is 0 Å². The van der Waals surface area contributed by atoms with Crippen LogP contribution in [0.5, 0.6) is 0 Å². The molecule has 0 atom stereocenters. The summed E-state index contributed by atoms with van der Waals surface area (Å²) < 4.78 is 26.1. The first kappa shape index (κ1) is 19.7. The van der Waals surface area contributed by atoms with E-state index in [0.29, 0.717) is 23.3 Å². The average Bonchev–Trinajstić information content (AvgIpc) is 3.02. The van der Waals surface area contributed by atoms with Crippen LogP contribution >= 0.6 is 35.3 Å². The van der Waals surface area contributed by atoms with Crippen LogP contribution in [0.1, 0.15) is 19.3 Å². The fourth-order valence-electron chi connectivity index (χ4n) is 2.21. The second kappa shape index (κ2) is 9.04. The molecule has 0 aromatic carbocycles. The van der Waals surface area contributed by atoms with Crippen molar-refractivity contribution in [3.63, 3.8) is 0 Å². The van der Waals surface area contributed by atoms with Crippen LogP contribution in [0.25, 0.3) is 0 Å². The molecule has 0 saturated carbocycles. The highest BCUT2D eigenvalue weighted by Gasteiger charge is 2.21. The number of likely N-dealkylation sites (tertiary alicyclic amines) is 1. The van der Waals surface area contributed by atoms with Gasteiger partial charge in [0, 0.05) is 26.7 Å². The van der Waals surface area contributed by atoms with Crippen LogP contribution in [-0.2, 0) is 10.0 Å². The molecule has 22 heavy (non-hydrogen) atoms. The van der Waals surface area contributed by atoms with Crippen molar-refractivity contribution in [1.29, 1.82) is 0 Å². The van der Waals surface area contributed by atoms with Gasteiger partial charge in [0.25, 0.3) is 10.0 Å². The molecule has 0 spiro atoms. The number of likely N-dealkylation sites (N-methyl/N-ethyl adjacent to an activating group) is 1. The molecule has 1 saturated heterocycles. The highest BCUT2D eigenvalue weighted by atomic mass is 127. The van der Waals surface area contributed by atoms with E-state index >= 15 is 0 Å². The number of thiophene rings is 1. The lowest BCUT2D eigenvalue weighted by Crippen LogP contribution is -2.41. The Kier molecular flexibility index (Phi) is 8.08. The third-order valence-electron chi connectivity index (χ3n) is 3.53. The van der Waals surface area contributed by atoms with Gasteiger partial charge in [0.05, 0.1) is 6.54 Å². The van der Waals surface area contributed by atoms with Gasteiger partial charge in [-0.2, -0.15) is 4.31 Å². The fourth-order valence-corrected chi connectivity index (χ4v) is 4.58. The third-order valence-corrected chi connectivity index (χ3v) is 6.76. The molecule has 6 nitrogen and oxygen atoms in total. The molecule has 126 valence electrons. The minimum atomic E-state index is -3.39. The van der Waals surface area contributed by atoms with E-state index in [-0.39, 0.29) is 24.0 Å². The van der Waals surface area contributed by atoms with Crippen molar-refractivity contribution < 1.29 is 8.42 Å². The molecule has 0 amide bonds. The fraction of sp³-hybridized carbons (Fsp3) is 0.615. The third kappa shape index (κ3) is 5.07. The topological polar surface area (TPSA) is 79.0 Å². The lowest BCUT2D eigenvalue weighted by atomic mass is 10.1. The van der Waals surface area contributed by atoms with Gasteiger partial charge in [-0.1, -0.05) is 6.07 Å². The standard InChI is InChI=1S/C13H22N4O2S2.HI/c1-16(21(18,19)12-6-5-11-20-12)10-7-15-13(14)17-8-3-2-4-9-17;/h5-6,11H,2-4,7-10H2,1H3,(H2,14,15);1H. The van der Waals surface area contributed by atoms with E-state index in [1.807, 2.05) is 0 Å². The molecule has 9 heteroatoms. The highest BCUT2D eigenvalue weighted by molar-refractivity contribution is 14.0. The number of rotatable bonds is 5. The quantitative estimate of drug-likeness (QED) is 0.415. The summed E-state index contributed by atoms with van der Waals surface area (Å²) in [6.07, 6.45) is 3.53. The second-order valence-electron chi connectivity index (χ2n) is 5.05. The average molecular weight is 458 g/mol. The van der Waals surface area contributed by atoms with Gasteiger partial charge in [-0.15, -0.1) is 35.3 Å². The van der Waals surface area contributed by atoms with Gasteiger partial charge in [0.15, 0.2) is 5.96 Å². The SMILES string of the molecule is CN(CCN=C(N)N1CCCCC1)S(=O)(=O)c1cccs1.I. The summed E-state index contributed by atoms with van der Waals surface area (Å²) in [5, 5.41) is 1.76. The Morgan fingerprint density at radius 1 is 1.41 bits per heavy atom. The summed E-state index contributed by atoms with van der Waals surface area (Å²) in [4.78, 5) is 6.37. The van der Waals surface area contributed by atoms with Gasteiger partial charge in [-0.3, -0.25) is 4.99 Å². The van der Waals surface area contributed by atoms with Crippen molar-refractivity contribution in [1.82, 2.24) is 9.21 Å². The summed E-state index contributed by atoms with van der Waals surface area (Å²) in [7, 11) is -1.82. The van der Waals surface area contributed by atoms with E-state index in [9.17, 15) is 8.42 Å². The van der Waals surface area contributed by atoms with Crippen molar-refractivity contribution in [3.05, 3.63) is 17.5 Å². The van der Waals surface area contributed by atoms with Crippen molar-refractivity contribution in [2.45, 2.75) is 23.5 Å². The zero-order chi connectivity index (χ0) is 15.3. The van der Waals surface area contributed by atoms with E-state index in [1.165, 1.54) is 22.1 Å². The minimum absolute atomic E-state index is 0. The van der Waals surface area contributed by atoms with Crippen LogP contribution in [0.3, 0.4) is 0 Å². The Hall–Kier alpha value is -0.390. The van der Waals surface area contributed by atoms with Gasteiger partial charge < -0.3 is 10.6 Å². The number of hydrogen-bond acceptors (Lipinski definition) is 4. The van der Waals surface area contributed by atoms with E-state index < -0.39 is 10.0 Å². The van der Waals surface area contributed by atoms with Gasteiger partial charge in [-0.05, 0) is 30.7 Å². The zero-order valence-corrected chi connectivity index (χ0v) is 16.6. The van der Waals surface area contributed by atoms with Crippen LogP contribution in [0, 0.1) is 0 Å². The Morgan fingerprint density at radius 3 is 2.68 bits per heavy atom. The summed E-state index contributed by atoms with van der Waals surface area (Å²) in [6, 6.07) is 3.35. The highest BCUT2D eigenvalue weighted by Crippen LogP contribution is 2.19. The van der Waals surface area contributed by atoms with Crippen molar-refractivity contribution in [2.24, 2.45) is 10.7 Å². The molecular formula is C13H23IN4O2S2. The molecule has 0 radical (unpaired) electrons. The lowest BCUT2D eigenvalue weighted by molar-refractivity contribution is 0.337. The summed E-state index contributed by atoms with van der Waals surface area (Å²) in [6.45, 7) is 2.59. The Bertz CT molecular complexity index is 569. The predicted octanol–water partition coefficient (Wildman–Crippen LogP) is 1.79. The molecule has 2 heterocycles. The van der Waals surface area contributed by atoms with Crippen LogP contribution in [0.2, 0.25) is 0 Å². The van der Waals surface area contributed by atoms with Gasteiger partial charge in [0.1, 0.15) is 4.21 Å². The Morgan fingerprint density at radius 2 is 2.09 bits per heavy atom. The number of nitrogens with zero attached hydrogens (tertiary/aromatic N) is 3. The van der Waals surface area contributed by atoms with E-state index in [2.05, 4.69) is 9.89 Å². The maximum absolute atomic E-state index is 12.2. The number of piperidine rings is 1. The first-order valence-corrected chi connectivity index (χ1v) is 9.38. The monoisotopic (exact) mass is 458 g/mol. The summed E-state index contributed by atoms with van der Waals surface area (Å²) >= 11 is 1.22. The molecular weight excluding hydrogens is 435 g/mol. The Balaban J connectivity index is 0.00000242. The summed E-state index contributed by atoms with van der Waals surface area (Å²) in [5.74, 6) is 0.525. The molecule has 0 bridgehead atoms. The minimum Gasteiger partial charge on any atom is -0.370 e. The van der Waals surface area contributed by atoms with Crippen LogP contribution < -0.4 is 5.73 Å². The normalized spacial score (nSPS) is 16.6. The Labute approximate surface area is 153 Å². The molecule has 1 aromatic rings. The van der Waals surface area contributed by atoms with Crippen molar-refractivity contribution >= 4 is 51.3 Å².